The van der Waals surface area contributed by atoms with E-state index < -0.39 is 5.91 Å². The number of azo groups is 1. The Labute approximate surface area is 82.8 Å². The van der Waals surface area contributed by atoms with E-state index in [4.69, 9.17) is 0 Å². The molecule has 7 nitrogen and oxygen atoms in total. The Kier molecular flexibility index (Phi) is 1.46. The molecule has 0 spiro atoms. The summed E-state index contributed by atoms with van der Waals surface area (Å²) in [5.74, 6) is -0.432. The third-order valence-electron chi connectivity index (χ3n) is 1.97. The van der Waals surface area contributed by atoms with Crippen LogP contribution in [-0.2, 0) is 0 Å². The molecule has 3 heterocycles. The van der Waals surface area contributed by atoms with Crippen molar-refractivity contribution in [3.8, 4) is 11.4 Å². The van der Waals surface area contributed by atoms with E-state index in [-0.39, 0.29) is 0 Å². The van der Waals surface area contributed by atoms with Crippen LogP contribution in [-0.4, -0.2) is 21.3 Å². The minimum Gasteiger partial charge on any atom is -0.364 e. The van der Waals surface area contributed by atoms with E-state index >= 15 is 0 Å². The number of aromatic nitrogens is 3. The Morgan fingerprint density at radius 1 is 1.27 bits per heavy atom. The zero-order chi connectivity index (χ0) is 10.3. The third kappa shape index (κ3) is 1.06. The first-order chi connectivity index (χ1) is 7.36. The van der Waals surface area contributed by atoms with Crippen LogP contribution in [0.15, 0.2) is 33.3 Å². The van der Waals surface area contributed by atoms with Crippen LogP contribution in [0.5, 0.6) is 0 Å². The summed E-state index contributed by atoms with van der Waals surface area (Å²) < 4.78 is 4.67. The molecule has 3 rings (SSSR count). The van der Waals surface area contributed by atoms with Gasteiger partial charge in [-0.1, -0.05) is 5.16 Å². The molecule has 0 aromatic carbocycles. The smallest absolute Gasteiger partial charge is 0.300 e. The lowest BCUT2D eigenvalue weighted by Gasteiger charge is -1.97. The van der Waals surface area contributed by atoms with Crippen molar-refractivity contribution in [2.45, 2.75) is 0 Å². The Bertz CT molecular complexity index is 560. The summed E-state index contributed by atoms with van der Waals surface area (Å²) in [7, 11) is 0. The van der Waals surface area contributed by atoms with Crippen LogP contribution in [0, 0.1) is 0 Å². The first-order valence-electron chi connectivity index (χ1n) is 4.09. The van der Waals surface area contributed by atoms with Crippen molar-refractivity contribution in [1.29, 1.82) is 0 Å². The number of fused-ring (bicyclic) bond motifs is 1. The van der Waals surface area contributed by atoms with Gasteiger partial charge in [0.25, 0.3) is 5.91 Å². The third-order valence-corrected chi connectivity index (χ3v) is 1.97. The molecule has 0 N–H and O–H groups in total. The molecular weight excluding hydrogens is 198 g/mol. The highest BCUT2D eigenvalue weighted by atomic mass is 16.5. The maximum absolute atomic E-state index is 11.4. The Hall–Kier alpha value is -2.44. The second-order valence-electron chi connectivity index (χ2n) is 2.84. The SMILES string of the molecule is O=C1N=Nc2cnnc(-c3ccon3)c21. The normalized spacial score (nSPS) is 13.2. The second-order valence-corrected chi connectivity index (χ2v) is 2.84. The molecule has 2 aromatic heterocycles. The summed E-state index contributed by atoms with van der Waals surface area (Å²) in [6.45, 7) is 0. The van der Waals surface area contributed by atoms with E-state index in [1.54, 1.807) is 6.07 Å². The van der Waals surface area contributed by atoms with Gasteiger partial charge in [0.15, 0.2) is 0 Å². The molecule has 1 amide bonds. The van der Waals surface area contributed by atoms with E-state index in [9.17, 15) is 4.79 Å². The molecule has 1 aliphatic rings. The van der Waals surface area contributed by atoms with Crippen LogP contribution in [0.2, 0.25) is 0 Å². The van der Waals surface area contributed by atoms with E-state index in [1.165, 1.54) is 12.5 Å². The molecular formula is C8H3N5O2. The van der Waals surface area contributed by atoms with Crippen LogP contribution < -0.4 is 0 Å². The van der Waals surface area contributed by atoms with Gasteiger partial charge in [-0.25, -0.2) is 0 Å². The highest BCUT2D eigenvalue weighted by Gasteiger charge is 2.25. The number of hydrogen-bond acceptors (Lipinski definition) is 6. The van der Waals surface area contributed by atoms with Crippen LogP contribution in [0.4, 0.5) is 5.69 Å². The van der Waals surface area contributed by atoms with Crippen molar-refractivity contribution in [1.82, 2.24) is 15.4 Å². The fourth-order valence-electron chi connectivity index (χ4n) is 1.33. The molecule has 0 radical (unpaired) electrons. The Balaban J connectivity index is 2.28. The highest BCUT2D eigenvalue weighted by Crippen LogP contribution is 2.31. The van der Waals surface area contributed by atoms with Gasteiger partial charge in [-0.15, -0.1) is 15.3 Å². The summed E-state index contributed by atoms with van der Waals surface area (Å²) in [6.07, 6.45) is 2.78. The fraction of sp³-hybridized carbons (Fsp3) is 0. The molecule has 0 aliphatic carbocycles. The molecule has 72 valence electrons. The summed E-state index contributed by atoms with van der Waals surface area (Å²) in [5, 5.41) is 18.3. The van der Waals surface area contributed by atoms with E-state index in [1.807, 2.05) is 0 Å². The molecule has 0 unspecified atom stereocenters. The summed E-state index contributed by atoms with van der Waals surface area (Å²) in [5.41, 5.74) is 1.52. The average Bonchev–Trinajstić information content (AvgIpc) is 2.88. The predicted octanol–water partition coefficient (Wildman–Crippen LogP) is 1.37. The zero-order valence-electron chi connectivity index (χ0n) is 7.28. The number of carbonyl (C=O) groups excluding carboxylic acids is 1. The van der Waals surface area contributed by atoms with Gasteiger partial charge >= 0.3 is 0 Å². The highest BCUT2D eigenvalue weighted by molar-refractivity contribution is 6.06. The summed E-state index contributed by atoms with van der Waals surface area (Å²) in [6, 6.07) is 1.59. The van der Waals surface area contributed by atoms with E-state index in [2.05, 4.69) is 30.1 Å². The standard InChI is InChI=1S/C8H3N5O2/c14-8-6-5(10-12-8)3-9-11-7(6)4-1-2-15-13-4/h1-3H. The topological polar surface area (TPSA) is 93.6 Å². The molecule has 7 heteroatoms. The van der Waals surface area contributed by atoms with Crippen molar-refractivity contribution in [2.75, 3.05) is 0 Å². The molecule has 2 aromatic rings. The van der Waals surface area contributed by atoms with Crippen molar-refractivity contribution in [2.24, 2.45) is 10.2 Å². The summed E-state index contributed by atoms with van der Waals surface area (Å²) >= 11 is 0. The predicted molar refractivity (Wildman–Crippen MR) is 46.4 cm³/mol. The van der Waals surface area contributed by atoms with Gasteiger partial charge in [0, 0.05) is 6.07 Å². The van der Waals surface area contributed by atoms with Crippen LogP contribution in [0.1, 0.15) is 10.4 Å². The first-order valence-corrected chi connectivity index (χ1v) is 4.09. The first kappa shape index (κ1) is 7.92. The van der Waals surface area contributed by atoms with Crippen molar-refractivity contribution >= 4 is 11.6 Å². The molecule has 15 heavy (non-hydrogen) atoms. The van der Waals surface area contributed by atoms with E-state index in [0.717, 1.165) is 0 Å². The maximum atomic E-state index is 11.4. The van der Waals surface area contributed by atoms with Crippen LogP contribution in [0.3, 0.4) is 0 Å². The minimum atomic E-state index is -0.432. The maximum Gasteiger partial charge on any atom is 0.300 e. The van der Waals surface area contributed by atoms with Gasteiger partial charge < -0.3 is 4.52 Å². The molecule has 0 bridgehead atoms. The molecule has 0 saturated carbocycles. The lowest BCUT2D eigenvalue weighted by molar-refractivity contribution is 0.100. The number of amides is 1. The average molecular weight is 201 g/mol. The molecule has 0 fully saturated rings. The van der Waals surface area contributed by atoms with Crippen LogP contribution in [0.25, 0.3) is 11.4 Å². The number of nitrogens with zero attached hydrogens (tertiary/aromatic N) is 5. The number of hydrogen-bond donors (Lipinski definition) is 0. The van der Waals surface area contributed by atoms with Crippen molar-refractivity contribution in [3.63, 3.8) is 0 Å². The van der Waals surface area contributed by atoms with Crippen molar-refractivity contribution in [3.05, 3.63) is 24.1 Å². The van der Waals surface area contributed by atoms with Crippen molar-refractivity contribution < 1.29 is 9.32 Å². The largest absolute Gasteiger partial charge is 0.364 e. The number of rotatable bonds is 1. The summed E-state index contributed by atoms with van der Waals surface area (Å²) in [4.78, 5) is 11.4. The molecule has 0 atom stereocenters. The fourth-order valence-corrected chi connectivity index (χ4v) is 1.33. The molecule has 0 saturated heterocycles. The van der Waals surface area contributed by atoms with Gasteiger partial charge in [0.1, 0.15) is 28.9 Å². The number of carbonyl (C=O) groups is 1. The van der Waals surface area contributed by atoms with Gasteiger partial charge in [-0.2, -0.15) is 5.10 Å². The zero-order valence-corrected chi connectivity index (χ0v) is 7.28. The van der Waals surface area contributed by atoms with Crippen LogP contribution >= 0.6 is 0 Å². The monoisotopic (exact) mass is 201 g/mol. The Morgan fingerprint density at radius 3 is 3.00 bits per heavy atom. The second kappa shape index (κ2) is 2.77. The van der Waals surface area contributed by atoms with Gasteiger partial charge in [0.05, 0.1) is 6.20 Å². The quantitative estimate of drug-likeness (QED) is 0.694. The molecule has 1 aliphatic heterocycles. The van der Waals surface area contributed by atoms with Gasteiger partial charge in [-0.05, 0) is 0 Å². The minimum absolute atomic E-state index is 0.318. The van der Waals surface area contributed by atoms with E-state index in [0.29, 0.717) is 22.6 Å². The lowest BCUT2D eigenvalue weighted by Crippen LogP contribution is -1.98. The Morgan fingerprint density at radius 2 is 2.20 bits per heavy atom. The van der Waals surface area contributed by atoms with Gasteiger partial charge in [0.2, 0.25) is 0 Å². The lowest BCUT2D eigenvalue weighted by atomic mass is 10.1. The van der Waals surface area contributed by atoms with Gasteiger partial charge in [-0.3, -0.25) is 4.79 Å².